The highest BCUT2D eigenvalue weighted by molar-refractivity contribution is 5.77. The van der Waals surface area contributed by atoms with Gasteiger partial charge in [-0.1, -0.05) is 0 Å². The van der Waals surface area contributed by atoms with Crippen molar-refractivity contribution in [1.82, 2.24) is 5.32 Å². The van der Waals surface area contributed by atoms with Crippen LogP contribution in [0.3, 0.4) is 0 Å². The van der Waals surface area contributed by atoms with Crippen molar-refractivity contribution in [3.63, 3.8) is 0 Å². The highest BCUT2D eigenvalue weighted by atomic mass is 16.1. The Hall–Kier alpha value is -0.570. The van der Waals surface area contributed by atoms with Gasteiger partial charge in [-0.2, -0.15) is 0 Å². The minimum absolute atomic E-state index is 0.147. The Morgan fingerprint density at radius 3 is 3.00 bits per heavy atom. The van der Waals surface area contributed by atoms with Gasteiger partial charge in [-0.15, -0.1) is 0 Å². The maximum Gasteiger partial charge on any atom is 0.220 e. The van der Waals surface area contributed by atoms with E-state index in [1.54, 1.807) is 0 Å². The number of carbonyl (C=O) groups is 1. The van der Waals surface area contributed by atoms with E-state index in [9.17, 15) is 4.79 Å². The molecule has 0 radical (unpaired) electrons. The molecule has 10 heavy (non-hydrogen) atoms. The van der Waals surface area contributed by atoms with E-state index < -0.39 is 0 Å². The Bertz CT molecular complexity index is 136. The van der Waals surface area contributed by atoms with Crippen molar-refractivity contribution in [3.05, 3.63) is 0 Å². The first-order chi connectivity index (χ1) is 4.72. The second-order valence-corrected chi connectivity index (χ2v) is 3.01. The number of amides is 1. The zero-order valence-electron chi connectivity index (χ0n) is 6.26. The van der Waals surface area contributed by atoms with Crippen LogP contribution >= 0.6 is 0 Å². The van der Waals surface area contributed by atoms with Crippen LogP contribution in [0.4, 0.5) is 0 Å². The largest absolute Gasteiger partial charge is 0.354 e. The quantitative estimate of drug-likeness (QED) is 0.535. The fourth-order valence-corrected chi connectivity index (χ4v) is 1.42. The lowest BCUT2D eigenvalue weighted by molar-refractivity contribution is -0.124. The minimum Gasteiger partial charge on any atom is -0.354 e. The first kappa shape index (κ1) is 7.54. The number of hydrogen-bond donors (Lipinski definition) is 2. The summed E-state index contributed by atoms with van der Waals surface area (Å²) in [6.45, 7) is 2.65. The lowest BCUT2D eigenvalue weighted by atomic mass is 9.93. The summed E-state index contributed by atoms with van der Waals surface area (Å²) in [5.74, 6) is 0.554. The smallest absolute Gasteiger partial charge is 0.220 e. The van der Waals surface area contributed by atoms with E-state index in [2.05, 4.69) is 5.32 Å². The average molecular weight is 142 g/mol. The first-order valence-corrected chi connectivity index (χ1v) is 3.71. The number of rotatable bonds is 1. The van der Waals surface area contributed by atoms with Gasteiger partial charge in [-0.05, 0) is 25.8 Å². The van der Waals surface area contributed by atoms with Crippen molar-refractivity contribution in [3.8, 4) is 0 Å². The topological polar surface area (TPSA) is 55.1 Å². The van der Waals surface area contributed by atoms with Crippen LogP contribution in [0.2, 0.25) is 0 Å². The molecule has 1 saturated heterocycles. The Morgan fingerprint density at radius 2 is 2.50 bits per heavy atom. The molecule has 3 nitrogen and oxygen atoms in total. The lowest BCUT2D eigenvalue weighted by Crippen LogP contribution is -2.42. The summed E-state index contributed by atoms with van der Waals surface area (Å²) in [6.07, 6.45) is 1.64. The molecule has 0 unspecified atom stereocenters. The SMILES string of the molecule is C[C@@H]1C[C@@H](CN)CC(=O)N1. The predicted molar refractivity (Wildman–Crippen MR) is 39.4 cm³/mol. The zero-order valence-corrected chi connectivity index (χ0v) is 6.26. The maximum atomic E-state index is 10.9. The van der Waals surface area contributed by atoms with Gasteiger partial charge in [0.05, 0.1) is 0 Å². The molecular formula is C7H14N2O. The van der Waals surface area contributed by atoms with Gasteiger partial charge in [0.2, 0.25) is 5.91 Å². The van der Waals surface area contributed by atoms with E-state index in [0.717, 1.165) is 6.42 Å². The molecule has 1 heterocycles. The molecule has 2 atom stereocenters. The molecule has 1 aliphatic heterocycles. The van der Waals surface area contributed by atoms with Crippen LogP contribution in [0.15, 0.2) is 0 Å². The average Bonchev–Trinajstić information content (AvgIpc) is 1.85. The van der Waals surface area contributed by atoms with E-state index in [4.69, 9.17) is 5.73 Å². The second-order valence-electron chi connectivity index (χ2n) is 3.01. The normalized spacial score (nSPS) is 33.6. The van der Waals surface area contributed by atoms with Crippen molar-refractivity contribution in [1.29, 1.82) is 0 Å². The van der Waals surface area contributed by atoms with Gasteiger partial charge in [0.25, 0.3) is 0 Å². The van der Waals surface area contributed by atoms with E-state index >= 15 is 0 Å². The minimum atomic E-state index is 0.147. The van der Waals surface area contributed by atoms with Crippen LogP contribution in [0.1, 0.15) is 19.8 Å². The monoisotopic (exact) mass is 142 g/mol. The fraction of sp³-hybridized carbons (Fsp3) is 0.857. The number of nitrogens with one attached hydrogen (secondary N) is 1. The molecule has 3 N–H and O–H groups in total. The molecule has 1 rings (SSSR count). The molecule has 0 aromatic carbocycles. The summed E-state index contributed by atoms with van der Waals surface area (Å²) in [6, 6.07) is 0.315. The van der Waals surface area contributed by atoms with Crippen molar-refractivity contribution in [2.45, 2.75) is 25.8 Å². The molecule has 58 valence electrons. The summed E-state index contributed by atoms with van der Waals surface area (Å²) in [5.41, 5.74) is 5.45. The third-order valence-electron chi connectivity index (χ3n) is 1.90. The maximum absolute atomic E-state index is 10.9. The van der Waals surface area contributed by atoms with E-state index in [1.165, 1.54) is 0 Å². The van der Waals surface area contributed by atoms with E-state index in [-0.39, 0.29) is 5.91 Å². The highest BCUT2D eigenvalue weighted by Gasteiger charge is 2.21. The van der Waals surface area contributed by atoms with Gasteiger partial charge in [0.1, 0.15) is 0 Å². The van der Waals surface area contributed by atoms with Crippen LogP contribution in [-0.2, 0) is 4.79 Å². The molecule has 1 aliphatic rings. The predicted octanol–water partition coefficient (Wildman–Crippen LogP) is -0.140. The third kappa shape index (κ3) is 1.70. The number of hydrogen-bond acceptors (Lipinski definition) is 2. The van der Waals surface area contributed by atoms with E-state index in [1.807, 2.05) is 6.92 Å². The fourth-order valence-electron chi connectivity index (χ4n) is 1.42. The molecule has 3 heteroatoms. The Kier molecular flexibility index (Phi) is 2.27. The van der Waals surface area contributed by atoms with Crippen LogP contribution in [0, 0.1) is 5.92 Å². The lowest BCUT2D eigenvalue weighted by Gasteiger charge is -2.26. The van der Waals surface area contributed by atoms with Gasteiger partial charge in [0, 0.05) is 12.5 Å². The molecular weight excluding hydrogens is 128 g/mol. The van der Waals surface area contributed by atoms with Crippen molar-refractivity contribution in [2.75, 3.05) is 6.54 Å². The molecule has 0 aromatic heterocycles. The van der Waals surface area contributed by atoms with Crippen molar-refractivity contribution < 1.29 is 4.79 Å². The second kappa shape index (κ2) is 3.01. The summed E-state index contributed by atoms with van der Waals surface area (Å²) >= 11 is 0. The molecule has 0 aliphatic carbocycles. The Labute approximate surface area is 61.0 Å². The highest BCUT2D eigenvalue weighted by Crippen LogP contribution is 2.14. The van der Waals surface area contributed by atoms with Crippen LogP contribution in [-0.4, -0.2) is 18.5 Å². The molecule has 0 spiro atoms. The number of nitrogens with two attached hydrogens (primary N) is 1. The Balaban J connectivity index is 2.42. The Morgan fingerprint density at radius 1 is 1.80 bits per heavy atom. The van der Waals surface area contributed by atoms with Gasteiger partial charge < -0.3 is 11.1 Å². The number of carbonyl (C=O) groups excluding carboxylic acids is 1. The molecule has 0 aromatic rings. The molecule has 0 saturated carbocycles. The third-order valence-corrected chi connectivity index (χ3v) is 1.90. The van der Waals surface area contributed by atoms with Gasteiger partial charge in [-0.25, -0.2) is 0 Å². The van der Waals surface area contributed by atoms with Gasteiger partial charge in [0.15, 0.2) is 0 Å². The van der Waals surface area contributed by atoms with Crippen molar-refractivity contribution >= 4 is 5.91 Å². The van der Waals surface area contributed by atoms with E-state index in [0.29, 0.717) is 24.9 Å². The van der Waals surface area contributed by atoms with Gasteiger partial charge >= 0.3 is 0 Å². The summed E-state index contributed by atoms with van der Waals surface area (Å²) < 4.78 is 0. The number of piperidine rings is 1. The van der Waals surface area contributed by atoms with Crippen molar-refractivity contribution in [2.24, 2.45) is 11.7 Å². The summed E-state index contributed by atoms with van der Waals surface area (Å²) in [4.78, 5) is 10.9. The molecule has 1 fully saturated rings. The van der Waals surface area contributed by atoms with Crippen LogP contribution in [0.25, 0.3) is 0 Å². The standard InChI is InChI=1S/C7H14N2O/c1-5-2-6(4-8)3-7(10)9-5/h5-6H,2-4,8H2,1H3,(H,9,10)/t5-,6-/m1/s1. The zero-order chi connectivity index (χ0) is 7.56. The first-order valence-electron chi connectivity index (χ1n) is 3.71. The van der Waals surface area contributed by atoms with Crippen LogP contribution in [0.5, 0.6) is 0 Å². The summed E-state index contributed by atoms with van der Waals surface area (Å²) in [5, 5.41) is 2.85. The molecule has 0 bridgehead atoms. The molecule has 1 amide bonds. The van der Waals surface area contributed by atoms with Gasteiger partial charge in [-0.3, -0.25) is 4.79 Å². The van der Waals surface area contributed by atoms with Crippen LogP contribution < -0.4 is 11.1 Å². The summed E-state index contributed by atoms with van der Waals surface area (Å²) in [7, 11) is 0.